The number of hydrogen-bond donors (Lipinski definition) is 1. The minimum absolute atomic E-state index is 0.141. The monoisotopic (exact) mass is 345 g/mol. The second kappa shape index (κ2) is 8.00. The highest BCUT2D eigenvalue weighted by molar-refractivity contribution is 5.68. The molecule has 0 spiro atoms. The van der Waals surface area contributed by atoms with Crippen molar-refractivity contribution < 1.29 is 9.53 Å². The smallest absolute Gasteiger partial charge is 0.409 e. The van der Waals surface area contributed by atoms with Gasteiger partial charge in [-0.1, -0.05) is 13.8 Å². The van der Waals surface area contributed by atoms with E-state index in [4.69, 9.17) is 10.5 Å². The number of carbonyl (C=O) groups is 1. The largest absolute Gasteiger partial charge is 0.443 e. The van der Waals surface area contributed by atoms with Gasteiger partial charge in [-0.2, -0.15) is 5.10 Å². The van der Waals surface area contributed by atoms with Gasteiger partial charge in [-0.15, -0.1) is 0 Å². The standard InChI is InChI=1S/C18H27N5O2/c1-12(2)8-9-22(4)18(24)25-11-17-14(10-20-23(17)5)16-7-6-15(19)13(3)21-16/h6-7,10,12H,8-9,11,19H2,1-5H3. The highest BCUT2D eigenvalue weighted by atomic mass is 16.6. The van der Waals surface area contributed by atoms with Crippen LogP contribution in [0.4, 0.5) is 10.5 Å². The third-order valence-electron chi connectivity index (χ3n) is 4.15. The van der Waals surface area contributed by atoms with Crippen molar-refractivity contribution in [3.8, 4) is 11.3 Å². The van der Waals surface area contributed by atoms with E-state index in [1.807, 2.05) is 26.1 Å². The maximum absolute atomic E-state index is 12.2. The van der Waals surface area contributed by atoms with E-state index >= 15 is 0 Å². The Morgan fingerprint density at radius 2 is 2.12 bits per heavy atom. The molecule has 25 heavy (non-hydrogen) atoms. The van der Waals surface area contributed by atoms with Crippen molar-refractivity contribution in [2.45, 2.75) is 33.8 Å². The molecule has 0 aliphatic carbocycles. The number of pyridine rings is 1. The molecule has 7 heteroatoms. The number of aryl methyl sites for hydroxylation is 2. The summed E-state index contributed by atoms with van der Waals surface area (Å²) in [6, 6.07) is 3.67. The summed E-state index contributed by atoms with van der Waals surface area (Å²) >= 11 is 0. The van der Waals surface area contributed by atoms with E-state index in [2.05, 4.69) is 23.9 Å². The van der Waals surface area contributed by atoms with Gasteiger partial charge in [0.05, 0.1) is 29.0 Å². The fourth-order valence-electron chi connectivity index (χ4n) is 2.35. The normalized spacial score (nSPS) is 11.0. The summed E-state index contributed by atoms with van der Waals surface area (Å²) in [6.07, 6.45) is 2.33. The predicted molar refractivity (Wildman–Crippen MR) is 97.9 cm³/mol. The van der Waals surface area contributed by atoms with Gasteiger partial charge in [-0.05, 0) is 31.4 Å². The van der Waals surface area contributed by atoms with E-state index in [1.165, 1.54) is 0 Å². The quantitative estimate of drug-likeness (QED) is 0.870. The molecule has 0 atom stereocenters. The van der Waals surface area contributed by atoms with Gasteiger partial charge in [0, 0.05) is 26.2 Å². The number of aromatic nitrogens is 3. The molecule has 0 aliphatic heterocycles. The number of nitrogens with two attached hydrogens (primary N) is 1. The number of hydrogen-bond acceptors (Lipinski definition) is 5. The number of anilines is 1. The maximum atomic E-state index is 12.2. The van der Waals surface area contributed by atoms with Crippen molar-refractivity contribution in [2.75, 3.05) is 19.3 Å². The highest BCUT2D eigenvalue weighted by Crippen LogP contribution is 2.24. The molecule has 7 nitrogen and oxygen atoms in total. The Hall–Kier alpha value is -2.57. The van der Waals surface area contributed by atoms with Crippen LogP contribution in [0, 0.1) is 12.8 Å². The topological polar surface area (TPSA) is 86.3 Å². The summed E-state index contributed by atoms with van der Waals surface area (Å²) in [5.74, 6) is 0.541. The fourth-order valence-corrected chi connectivity index (χ4v) is 2.35. The molecule has 2 heterocycles. The summed E-state index contributed by atoms with van der Waals surface area (Å²) in [4.78, 5) is 18.2. The van der Waals surface area contributed by atoms with Gasteiger partial charge in [0.2, 0.25) is 0 Å². The molecule has 0 saturated carbocycles. The lowest BCUT2D eigenvalue weighted by molar-refractivity contribution is 0.101. The molecule has 0 aromatic carbocycles. The molecule has 2 aromatic rings. The van der Waals surface area contributed by atoms with E-state index in [0.29, 0.717) is 18.2 Å². The van der Waals surface area contributed by atoms with Crippen molar-refractivity contribution in [3.05, 3.63) is 29.7 Å². The van der Waals surface area contributed by atoms with E-state index in [-0.39, 0.29) is 12.7 Å². The van der Waals surface area contributed by atoms with E-state index < -0.39 is 0 Å². The molecular formula is C18H27N5O2. The Balaban J connectivity index is 2.09. The molecular weight excluding hydrogens is 318 g/mol. The number of nitrogens with zero attached hydrogens (tertiary/aromatic N) is 4. The van der Waals surface area contributed by atoms with E-state index in [9.17, 15) is 4.79 Å². The lowest BCUT2D eigenvalue weighted by Crippen LogP contribution is -2.29. The average molecular weight is 345 g/mol. The van der Waals surface area contributed by atoms with Crippen LogP contribution < -0.4 is 5.73 Å². The van der Waals surface area contributed by atoms with Crippen LogP contribution in [0.5, 0.6) is 0 Å². The van der Waals surface area contributed by atoms with Crippen LogP contribution in [0.3, 0.4) is 0 Å². The molecule has 0 aliphatic rings. The number of ether oxygens (including phenoxy) is 1. The zero-order chi connectivity index (χ0) is 18.6. The first-order valence-electron chi connectivity index (χ1n) is 8.41. The number of amides is 1. The molecule has 1 amide bonds. The van der Waals surface area contributed by atoms with Gasteiger partial charge < -0.3 is 15.4 Å². The van der Waals surface area contributed by atoms with Crippen molar-refractivity contribution >= 4 is 11.8 Å². The number of rotatable bonds is 6. The van der Waals surface area contributed by atoms with Crippen LogP contribution in [-0.4, -0.2) is 39.4 Å². The SMILES string of the molecule is Cc1nc(-c2cnn(C)c2COC(=O)N(C)CCC(C)C)ccc1N. The Morgan fingerprint density at radius 1 is 1.40 bits per heavy atom. The first kappa shape index (κ1) is 18.8. The van der Waals surface area contributed by atoms with Crippen LogP contribution in [0.2, 0.25) is 0 Å². The first-order valence-corrected chi connectivity index (χ1v) is 8.41. The maximum Gasteiger partial charge on any atom is 0.409 e. The third kappa shape index (κ3) is 4.71. The van der Waals surface area contributed by atoms with Crippen molar-refractivity contribution in [2.24, 2.45) is 13.0 Å². The summed E-state index contributed by atoms with van der Waals surface area (Å²) in [7, 11) is 3.57. The first-order chi connectivity index (χ1) is 11.8. The highest BCUT2D eigenvalue weighted by Gasteiger charge is 2.16. The van der Waals surface area contributed by atoms with Crippen LogP contribution in [0.15, 0.2) is 18.3 Å². The summed E-state index contributed by atoms with van der Waals surface area (Å²) in [5, 5.41) is 4.27. The molecule has 2 N–H and O–H groups in total. The fraction of sp³-hybridized carbons (Fsp3) is 0.500. The molecule has 0 fully saturated rings. The van der Waals surface area contributed by atoms with Crippen LogP contribution in [0.25, 0.3) is 11.3 Å². The molecule has 0 unspecified atom stereocenters. The van der Waals surface area contributed by atoms with Gasteiger partial charge in [-0.3, -0.25) is 9.67 Å². The lowest BCUT2D eigenvalue weighted by atomic mass is 10.1. The number of nitrogen functional groups attached to an aromatic ring is 1. The molecule has 0 radical (unpaired) electrons. The van der Waals surface area contributed by atoms with E-state index in [0.717, 1.165) is 29.1 Å². The van der Waals surface area contributed by atoms with Crippen molar-refractivity contribution in [3.63, 3.8) is 0 Å². The predicted octanol–water partition coefficient (Wildman–Crippen LogP) is 2.99. The Kier molecular flexibility index (Phi) is 6.01. The second-order valence-corrected chi connectivity index (χ2v) is 6.66. The average Bonchev–Trinajstić information content (AvgIpc) is 2.93. The molecule has 0 bridgehead atoms. The van der Waals surface area contributed by atoms with Gasteiger partial charge in [0.1, 0.15) is 6.61 Å². The second-order valence-electron chi connectivity index (χ2n) is 6.66. The third-order valence-corrected chi connectivity index (χ3v) is 4.15. The van der Waals surface area contributed by atoms with Crippen LogP contribution in [-0.2, 0) is 18.4 Å². The number of carbonyl (C=O) groups excluding carboxylic acids is 1. The van der Waals surface area contributed by atoms with Crippen LogP contribution >= 0.6 is 0 Å². The summed E-state index contributed by atoms with van der Waals surface area (Å²) < 4.78 is 7.15. The lowest BCUT2D eigenvalue weighted by Gasteiger charge is -2.18. The summed E-state index contributed by atoms with van der Waals surface area (Å²) in [6.45, 7) is 6.93. The molecule has 2 aromatic heterocycles. The Bertz CT molecular complexity index is 739. The van der Waals surface area contributed by atoms with Crippen LogP contribution in [0.1, 0.15) is 31.7 Å². The van der Waals surface area contributed by atoms with Gasteiger partial charge >= 0.3 is 6.09 Å². The minimum atomic E-state index is -0.339. The van der Waals surface area contributed by atoms with Gasteiger partial charge in [-0.25, -0.2) is 4.79 Å². The summed E-state index contributed by atoms with van der Waals surface area (Å²) in [5.41, 5.74) is 9.63. The van der Waals surface area contributed by atoms with E-state index in [1.54, 1.807) is 22.8 Å². The zero-order valence-electron chi connectivity index (χ0n) is 15.6. The van der Waals surface area contributed by atoms with Crippen molar-refractivity contribution in [1.29, 1.82) is 0 Å². The molecule has 2 rings (SSSR count). The Labute approximate surface area is 148 Å². The zero-order valence-corrected chi connectivity index (χ0v) is 15.6. The Morgan fingerprint density at radius 3 is 2.76 bits per heavy atom. The van der Waals surface area contributed by atoms with Gasteiger partial charge in [0.15, 0.2) is 0 Å². The van der Waals surface area contributed by atoms with Crippen molar-refractivity contribution in [1.82, 2.24) is 19.7 Å². The molecule has 136 valence electrons. The molecule has 0 saturated heterocycles. The van der Waals surface area contributed by atoms with Gasteiger partial charge in [0.25, 0.3) is 0 Å². The minimum Gasteiger partial charge on any atom is -0.443 e.